The van der Waals surface area contributed by atoms with Crippen LogP contribution < -0.4 is 4.74 Å². The molecule has 0 unspecified atom stereocenters. The van der Waals surface area contributed by atoms with Gasteiger partial charge in [0, 0.05) is 7.11 Å². The lowest BCUT2D eigenvalue weighted by molar-refractivity contribution is 0.0543. The number of methoxy groups -OCH3 is 1. The van der Waals surface area contributed by atoms with Crippen LogP contribution in [-0.2, 0) is 9.47 Å². The fourth-order valence-corrected chi connectivity index (χ4v) is 2.20. The third-order valence-electron chi connectivity index (χ3n) is 3.31. The maximum Gasteiger partial charge on any atom is 0.122 e. The summed E-state index contributed by atoms with van der Waals surface area (Å²) in [7, 11) is 1.67. The van der Waals surface area contributed by atoms with Gasteiger partial charge in [0.2, 0.25) is 0 Å². The molecule has 2 aromatic carbocycles. The summed E-state index contributed by atoms with van der Waals surface area (Å²) in [6.45, 7) is 6.57. The topological polar surface area (TPSA) is 27.7 Å². The van der Waals surface area contributed by atoms with Gasteiger partial charge in [-0.25, -0.2) is 0 Å². The van der Waals surface area contributed by atoms with Gasteiger partial charge in [-0.3, -0.25) is 0 Å². The number of fused-ring (bicyclic) bond motifs is 1. The summed E-state index contributed by atoms with van der Waals surface area (Å²) in [5.74, 6) is 0.927. The van der Waals surface area contributed by atoms with Crippen LogP contribution in [0.4, 0.5) is 0 Å². The van der Waals surface area contributed by atoms with E-state index in [1.807, 2.05) is 6.07 Å². The SMILES string of the molecule is COCCOCCOc1ccc2cc(C)ccc2c1C. The monoisotopic (exact) mass is 274 g/mol. The van der Waals surface area contributed by atoms with Crippen molar-refractivity contribution in [3.8, 4) is 5.75 Å². The smallest absolute Gasteiger partial charge is 0.122 e. The molecule has 0 N–H and O–H groups in total. The van der Waals surface area contributed by atoms with Crippen LogP contribution in [0.5, 0.6) is 5.75 Å². The number of hydrogen-bond acceptors (Lipinski definition) is 3. The molecule has 2 rings (SSSR count). The zero-order valence-corrected chi connectivity index (χ0v) is 12.4. The Morgan fingerprint density at radius 2 is 1.70 bits per heavy atom. The van der Waals surface area contributed by atoms with Crippen LogP contribution in [-0.4, -0.2) is 33.5 Å². The standard InChI is InChI=1S/C17H22O3/c1-13-4-6-16-14(2)17(7-5-15(16)12-13)20-11-10-19-9-8-18-3/h4-7,12H,8-11H2,1-3H3. The van der Waals surface area contributed by atoms with Crippen LogP contribution in [0, 0.1) is 13.8 Å². The quantitative estimate of drug-likeness (QED) is 0.723. The van der Waals surface area contributed by atoms with Crippen molar-refractivity contribution in [1.29, 1.82) is 0 Å². The van der Waals surface area contributed by atoms with Crippen molar-refractivity contribution < 1.29 is 14.2 Å². The van der Waals surface area contributed by atoms with E-state index in [2.05, 4.69) is 38.1 Å². The average Bonchev–Trinajstić information content (AvgIpc) is 2.44. The molecule has 3 nitrogen and oxygen atoms in total. The van der Waals surface area contributed by atoms with Crippen LogP contribution in [0.15, 0.2) is 30.3 Å². The van der Waals surface area contributed by atoms with Gasteiger partial charge in [-0.2, -0.15) is 0 Å². The molecular weight excluding hydrogens is 252 g/mol. The second-order valence-electron chi connectivity index (χ2n) is 4.87. The lowest BCUT2D eigenvalue weighted by atomic mass is 10.0. The highest BCUT2D eigenvalue weighted by Crippen LogP contribution is 2.27. The van der Waals surface area contributed by atoms with E-state index in [1.165, 1.54) is 21.9 Å². The summed E-state index contributed by atoms with van der Waals surface area (Å²) in [5.41, 5.74) is 2.46. The Labute approximate surface area is 120 Å². The van der Waals surface area contributed by atoms with E-state index in [1.54, 1.807) is 7.11 Å². The molecule has 0 aliphatic heterocycles. The summed E-state index contributed by atoms with van der Waals surface area (Å²) >= 11 is 0. The molecule has 20 heavy (non-hydrogen) atoms. The zero-order valence-electron chi connectivity index (χ0n) is 12.4. The van der Waals surface area contributed by atoms with Gasteiger partial charge in [-0.1, -0.05) is 29.8 Å². The van der Waals surface area contributed by atoms with E-state index in [4.69, 9.17) is 14.2 Å². The maximum absolute atomic E-state index is 5.79. The second kappa shape index (κ2) is 7.27. The third kappa shape index (κ3) is 3.71. The van der Waals surface area contributed by atoms with E-state index in [-0.39, 0.29) is 0 Å². The van der Waals surface area contributed by atoms with Gasteiger partial charge in [0.05, 0.1) is 19.8 Å². The molecule has 0 bridgehead atoms. The Morgan fingerprint density at radius 3 is 2.50 bits per heavy atom. The molecule has 0 aliphatic carbocycles. The van der Waals surface area contributed by atoms with Crippen LogP contribution >= 0.6 is 0 Å². The van der Waals surface area contributed by atoms with Crippen LogP contribution in [0.1, 0.15) is 11.1 Å². The predicted molar refractivity (Wildman–Crippen MR) is 81.6 cm³/mol. The van der Waals surface area contributed by atoms with E-state index < -0.39 is 0 Å². The van der Waals surface area contributed by atoms with E-state index >= 15 is 0 Å². The van der Waals surface area contributed by atoms with Crippen molar-refractivity contribution in [2.75, 3.05) is 33.5 Å². The lowest BCUT2D eigenvalue weighted by Crippen LogP contribution is -2.10. The molecule has 0 aromatic heterocycles. The Hall–Kier alpha value is -1.58. The molecule has 0 saturated heterocycles. The molecule has 3 heteroatoms. The van der Waals surface area contributed by atoms with Crippen molar-refractivity contribution >= 4 is 10.8 Å². The molecule has 2 aromatic rings. The number of ether oxygens (including phenoxy) is 3. The van der Waals surface area contributed by atoms with Gasteiger partial charge < -0.3 is 14.2 Å². The fraction of sp³-hybridized carbons (Fsp3) is 0.412. The Morgan fingerprint density at radius 1 is 0.900 bits per heavy atom. The Kier molecular flexibility index (Phi) is 5.39. The lowest BCUT2D eigenvalue weighted by Gasteiger charge is -2.12. The number of hydrogen-bond donors (Lipinski definition) is 0. The number of aryl methyl sites for hydroxylation is 2. The van der Waals surface area contributed by atoms with Crippen molar-refractivity contribution in [2.24, 2.45) is 0 Å². The van der Waals surface area contributed by atoms with Gasteiger partial charge in [-0.15, -0.1) is 0 Å². The van der Waals surface area contributed by atoms with Gasteiger partial charge in [-0.05, 0) is 36.2 Å². The maximum atomic E-state index is 5.79. The van der Waals surface area contributed by atoms with E-state index in [0.717, 1.165) is 5.75 Å². The van der Waals surface area contributed by atoms with Gasteiger partial charge in [0.1, 0.15) is 12.4 Å². The van der Waals surface area contributed by atoms with Crippen molar-refractivity contribution in [3.05, 3.63) is 41.5 Å². The molecule has 0 aliphatic rings. The summed E-state index contributed by atoms with van der Waals surface area (Å²) < 4.78 is 16.1. The van der Waals surface area contributed by atoms with Gasteiger partial charge in [0.15, 0.2) is 0 Å². The first-order valence-electron chi connectivity index (χ1n) is 6.92. The van der Waals surface area contributed by atoms with E-state index in [0.29, 0.717) is 26.4 Å². The zero-order chi connectivity index (χ0) is 14.4. The molecule has 0 radical (unpaired) electrons. The van der Waals surface area contributed by atoms with Gasteiger partial charge >= 0.3 is 0 Å². The summed E-state index contributed by atoms with van der Waals surface area (Å²) in [6.07, 6.45) is 0. The molecule has 0 saturated carbocycles. The Bertz CT molecular complexity index is 563. The van der Waals surface area contributed by atoms with E-state index in [9.17, 15) is 0 Å². The first kappa shape index (κ1) is 14.8. The average molecular weight is 274 g/mol. The molecule has 0 fully saturated rings. The third-order valence-corrected chi connectivity index (χ3v) is 3.31. The van der Waals surface area contributed by atoms with Crippen molar-refractivity contribution in [2.45, 2.75) is 13.8 Å². The molecule has 0 amide bonds. The molecule has 0 spiro atoms. The van der Waals surface area contributed by atoms with Crippen LogP contribution in [0.25, 0.3) is 10.8 Å². The number of rotatable bonds is 7. The minimum Gasteiger partial charge on any atom is -0.491 e. The Balaban J connectivity index is 1.97. The molecular formula is C17H22O3. The highest BCUT2D eigenvalue weighted by molar-refractivity contribution is 5.88. The minimum absolute atomic E-state index is 0.557. The molecule has 0 atom stereocenters. The summed E-state index contributed by atoms with van der Waals surface area (Å²) in [5, 5.41) is 2.50. The first-order chi connectivity index (χ1) is 9.72. The fourth-order valence-electron chi connectivity index (χ4n) is 2.20. The molecule has 0 heterocycles. The van der Waals surface area contributed by atoms with Crippen molar-refractivity contribution in [3.63, 3.8) is 0 Å². The first-order valence-corrected chi connectivity index (χ1v) is 6.92. The largest absolute Gasteiger partial charge is 0.491 e. The number of benzene rings is 2. The van der Waals surface area contributed by atoms with Crippen LogP contribution in [0.2, 0.25) is 0 Å². The van der Waals surface area contributed by atoms with Gasteiger partial charge in [0.25, 0.3) is 0 Å². The van der Waals surface area contributed by atoms with Crippen molar-refractivity contribution in [1.82, 2.24) is 0 Å². The molecule has 108 valence electrons. The summed E-state index contributed by atoms with van der Waals surface area (Å²) in [4.78, 5) is 0. The minimum atomic E-state index is 0.557. The summed E-state index contributed by atoms with van der Waals surface area (Å²) in [6, 6.07) is 10.6. The highest BCUT2D eigenvalue weighted by atomic mass is 16.5. The highest BCUT2D eigenvalue weighted by Gasteiger charge is 2.04. The normalized spacial score (nSPS) is 10.9. The predicted octanol–water partition coefficient (Wildman–Crippen LogP) is 3.50. The second-order valence-corrected chi connectivity index (χ2v) is 4.87. The van der Waals surface area contributed by atoms with Crippen LogP contribution in [0.3, 0.4) is 0 Å².